The van der Waals surface area contributed by atoms with E-state index < -0.39 is 29.4 Å². The van der Waals surface area contributed by atoms with Gasteiger partial charge in [0.2, 0.25) is 5.78 Å². The predicted octanol–water partition coefficient (Wildman–Crippen LogP) is 7.58. The van der Waals surface area contributed by atoms with E-state index in [0.29, 0.717) is 16.3 Å². The first kappa shape index (κ1) is 29.7. The fourth-order valence-corrected chi connectivity index (χ4v) is 5.06. The van der Waals surface area contributed by atoms with Crippen LogP contribution in [-0.4, -0.2) is 47.3 Å². The summed E-state index contributed by atoms with van der Waals surface area (Å²) >= 11 is 5.96. The highest BCUT2D eigenvalue weighted by molar-refractivity contribution is 6.30. The largest absolute Gasteiger partial charge is 0.478 e. The zero-order valence-electron chi connectivity index (χ0n) is 22.8. The number of rotatable bonds is 8. The summed E-state index contributed by atoms with van der Waals surface area (Å²) in [4.78, 5) is 35.9. The summed E-state index contributed by atoms with van der Waals surface area (Å²) in [5.41, 5.74) is 1.67. The Balaban J connectivity index is 1.37. The van der Waals surface area contributed by atoms with Gasteiger partial charge in [0.25, 0.3) is 0 Å². The molecular weight excluding hydrogens is 579 g/mol. The molecule has 0 radical (unpaired) electrons. The Morgan fingerprint density at radius 1 is 0.977 bits per heavy atom. The van der Waals surface area contributed by atoms with Crippen molar-refractivity contribution in [3.63, 3.8) is 0 Å². The number of aliphatic imine (C=N–C) groups is 1. The van der Waals surface area contributed by atoms with Crippen LogP contribution in [0.15, 0.2) is 108 Å². The van der Waals surface area contributed by atoms with Crippen molar-refractivity contribution in [2.75, 3.05) is 18.5 Å². The molecule has 0 spiro atoms. The van der Waals surface area contributed by atoms with Gasteiger partial charge in [0.1, 0.15) is 5.69 Å². The quantitative estimate of drug-likeness (QED) is 0.210. The third-order valence-electron chi connectivity index (χ3n) is 7.26. The molecule has 4 aromatic rings. The summed E-state index contributed by atoms with van der Waals surface area (Å²) in [6.45, 7) is -0.157. The second kappa shape index (κ2) is 12.2. The number of pyridine rings is 1. The van der Waals surface area contributed by atoms with E-state index in [2.05, 4.69) is 9.98 Å². The van der Waals surface area contributed by atoms with Crippen molar-refractivity contribution in [2.45, 2.75) is 12.6 Å². The van der Waals surface area contributed by atoms with Gasteiger partial charge in [0.15, 0.2) is 0 Å². The van der Waals surface area contributed by atoms with Crippen molar-refractivity contribution in [1.29, 1.82) is 0 Å². The SMILES string of the molecule is CN(c1ccc(Cl)cc1)c1ccc(C(=O)c2ccc(CC3CN=C(c4ccccc4)C=C3C(F)(F)F)c(C(=O)O)c2)nc1. The summed E-state index contributed by atoms with van der Waals surface area (Å²) in [5, 5.41) is 10.5. The smallest absolute Gasteiger partial charge is 0.413 e. The van der Waals surface area contributed by atoms with Gasteiger partial charge in [-0.3, -0.25) is 14.8 Å². The topological polar surface area (TPSA) is 82.9 Å². The number of hydrogen-bond acceptors (Lipinski definition) is 5. The molecule has 2 heterocycles. The lowest BCUT2D eigenvalue weighted by Gasteiger charge is -2.26. The molecule has 1 aliphatic rings. The average Bonchev–Trinajstić information content (AvgIpc) is 3.01. The highest BCUT2D eigenvalue weighted by atomic mass is 35.5. The summed E-state index contributed by atoms with van der Waals surface area (Å²) in [7, 11) is 1.83. The maximum atomic E-state index is 14.1. The molecule has 10 heteroatoms. The number of aromatic nitrogens is 1. The van der Waals surface area contributed by atoms with E-state index in [0.717, 1.165) is 11.8 Å². The number of alkyl halides is 3. The van der Waals surface area contributed by atoms with Crippen LogP contribution in [-0.2, 0) is 6.42 Å². The third-order valence-corrected chi connectivity index (χ3v) is 7.51. The van der Waals surface area contributed by atoms with Crippen LogP contribution in [0.5, 0.6) is 0 Å². The minimum atomic E-state index is -4.63. The second-order valence-corrected chi connectivity index (χ2v) is 10.5. The number of aromatic carboxylic acids is 1. The molecule has 1 aromatic heterocycles. The Kier molecular flexibility index (Phi) is 8.45. The van der Waals surface area contributed by atoms with Crippen LogP contribution in [0.1, 0.15) is 37.5 Å². The molecule has 0 saturated carbocycles. The lowest BCUT2D eigenvalue weighted by molar-refractivity contribution is -0.0987. The number of ketones is 1. The molecule has 0 fully saturated rings. The maximum Gasteiger partial charge on any atom is 0.413 e. The highest BCUT2D eigenvalue weighted by Gasteiger charge is 2.40. The number of nitrogens with zero attached hydrogens (tertiary/aromatic N) is 3. The number of carbonyl (C=O) groups excluding carboxylic acids is 1. The fraction of sp³-hybridized carbons (Fsp3) is 0.152. The summed E-state index contributed by atoms with van der Waals surface area (Å²) < 4.78 is 42.3. The third kappa shape index (κ3) is 6.67. The highest BCUT2D eigenvalue weighted by Crippen LogP contribution is 2.36. The van der Waals surface area contributed by atoms with Crippen molar-refractivity contribution in [2.24, 2.45) is 10.9 Å². The molecule has 0 saturated heterocycles. The van der Waals surface area contributed by atoms with Crippen molar-refractivity contribution < 1.29 is 27.9 Å². The van der Waals surface area contributed by atoms with E-state index in [9.17, 15) is 27.9 Å². The molecule has 218 valence electrons. The van der Waals surface area contributed by atoms with Crippen LogP contribution in [0.4, 0.5) is 24.5 Å². The second-order valence-electron chi connectivity index (χ2n) is 10.0. The van der Waals surface area contributed by atoms with Crippen molar-refractivity contribution in [3.05, 3.63) is 136 Å². The van der Waals surface area contributed by atoms with Gasteiger partial charge < -0.3 is 10.0 Å². The van der Waals surface area contributed by atoms with Crippen LogP contribution in [0.2, 0.25) is 5.02 Å². The number of halogens is 4. The summed E-state index contributed by atoms with van der Waals surface area (Å²) in [6.07, 6.45) is -2.29. The van der Waals surface area contributed by atoms with E-state index in [1.54, 1.807) is 48.5 Å². The minimum absolute atomic E-state index is 0.0621. The molecule has 0 amide bonds. The number of allylic oxidation sites excluding steroid dienone is 1. The van der Waals surface area contributed by atoms with Crippen molar-refractivity contribution in [3.8, 4) is 0 Å². The molecule has 5 rings (SSSR count). The molecule has 1 atom stereocenters. The number of hydrogen-bond donors (Lipinski definition) is 1. The number of dihydropyridines is 1. The Hall–Kier alpha value is -4.76. The van der Waals surface area contributed by atoms with E-state index in [1.807, 2.05) is 24.1 Å². The standard InChI is InChI=1S/C33H25ClF3N3O3/c1-40(25-11-9-24(34)10-12-25)26-13-14-29(39-19-26)31(41)22-8-7-21(27(16-22)32(42)43)15-23-18-38-30(17-28(23)33(35,36)37)20-5-3-2-4-6-20/h2-14,16-17,19,23H,15,18H2,1H3,(H,42,43). The Morgan fingerprint density at radius 3 is 2.30 bits per heavy atom. The molecule has 43 heavy (non-hydrogen) atoms. The molecule has 6 nitrogen and oxygen atoms in total. The Morgan fingerprint density at radius 2 is 1.67 bits per heavy atom. The van der Waals surface area contributed by atoms with E-state index in [1.165, 1.54) is 30.5 Å². The molecule has 1 unspecified atom stereocenters. The first-order valence-corrected chi connectivity index (χ1v) is 13.6. The molecule has 0 bridgehead atoms. The normalized spacial score (nSPS) is 15.0. The number of carboxylic acids is 1. The number of anilines is 2. The Labute approximate surface area is 250 Å². The monoisotopic (exact) mass is 603 g/mol. The predicted molar refractivity (Wildman–Crippen MR) is 160 cm³/mol. The van der Waals surface area contributed by atoms with Gasteiger partial charge in [-0.2, -0.15) is 13.2 Å². The van der Waals surface area contributed by atoms with Crippen LogP contribution < -0.4 is 4.90 Å². The lowest BCUT2D eigenvalue weighted by Crippen LogP contribution is -2.28. The van der Waals surface area contributed by atoms with Gasteiger partial charge in [0, 0.05) is 41.4 Å². The van der Waals surface area contributed by atoms with Gasteiger partial charge in [-0.05, 0) is 66.1 Å². The number of benzene rings is 3. The van der Waals surface area contributed by atoms with E-state index >= 15 is 0 Å². The maximum absolute atomic E-state index is 14.1. The van der Waals surface area contributed by atoms with Gasteiger partial charge in [0.05, 0.1) is 23.2 Å². The molecular formula is C33H25ClF3N3O3. The first-order valence-electron chi connectivity index (χ1n) is 13.3. The zero-order valence-corrected chi connectivity index (χ0v) is 23.6. The first-order chi connectivity index (χ1) is 20.5. The number of carboxylic acid groups (broad SMARTS) is 1. The average molecular weight is 604 g/mol. The fourth-order valence-electron chi connectivity index (χ4n) is 4.93. The van der Waals surface area contributed by atoms with Crippen LogP contribution in [0.3, 0.4) is 0 Å². The minimum Gasteiger partial charge on any atom is -0.478 e. The Bertz CT molecular complexity index is 1720. The van der Waals surface area contributed by atoms with Gasteiger partial charge in [-0.15, -0.1) is 0 Å². The van der Waals surface area contributed by atoms with E-state index in [-0.39, 0.29) is 41.1 Å². The van der Waals surface area contributed by atoms with Gasteiger partial charge >= 0.3 is 12.1 Å². The molecule has 3 aromatic carbocycles. The van der Waals surface area contributed by atoms with Crippen molar-refractivity contribution >= 4 is 40.4 Å². The number of carbonyl (C=O) groups is 2. The summed E-state index contributed by atoms with van der Waals surface area (Å²) in [6, 6.07) is 23.0. The summed E-state index contributed by atoms with van der Waals surface area (Å²) in [5.74, 6) is -2.95. The molecule has 0 aliphatic carbocycles. The molecule has 1 N–H and O–H groups in total. The molecule has 1 aliphatic heterocycles. The lowest BCUT2D eigenvalue weighted by atomic mass is 9.85. The van der Waals surface area contributed by atoms with Crippen molar-refractivity contribution in [1.82, 2.24) is 4.98 Å². The van der Waals surface area contributed by atoms with Gasteiger partial charge in [-0.25, -0.2) is 4.79 Å². The zero-order chi connectivity index (χ0) is 30.7. The van der Waals surface area contributed by atoms with Crippen LogP contribution in [0.25, 0.3) is 0 Å². The van der Waals surface area contributed by atoms with Crippen LogP contribution >= 0.6 is 11.6 Å². The van der Waals surface area contributed by atoms with Crippen LogP contribution in [0, 0.1) is 5.92 Å². The van der Waals surface area contributed by atoms with Gasteiger partial charge in [-0.1, -0.05) is 54.1 Å². The van der Waals surface area contributed by atoms with E-state index in [4.69, 9.17) is 11.6 Å².